The SMILES string of the molecule is COCCOc1cc2cccnc2c2nc(/C=N/O)cc(OC)c12. The van der Waals surface area contributed by atoms with Gasteiger partial charge in [0.05, 0.1) is 36.5 Å². The molecule has 0 fully saturated rings. The van der Waals surface area contributed by atoms with E-state index in [0.29, 0.717) is 35.9 Å². The van der Waals surface area contributed by atoms with E-state index in [1.54, 1.807) is 26.5 Å². The van der Waals surface area contributed by atoms with Crippen LogP contribution in [0.4, 0.5) is 0 Å². The topological polar surface area (TPSA) is 86.1 Å². The van der Waals surface area contributed by atoms with Gasteiger partial charge in [-0.1, -0.05) is 11.2 Å². The standard InChI is InChI=1S/C17H17N3O4/c1-22-6-7-24-14-8-11-4-3-5-18-16(11)17-15(14)13(23-2)9-12(20-17)10-19-21/h3-5,8-10,21H,6-7H2,1-2H3/b19-10+. The summed E-state index contributed by atoms with van der Waals surface area (Å²) in [5, 5.41) is 13.5. The second-order valence-electron chi connectivity index (χ2n) is 5.01. The van der Waals surface area contributed by atoms with E-state index in [4.69, 9.17) is 19.4 Å². The molecule has 0 amide bonds. The zero-order valence-electron chi connectivity index (χ0n) is 13.4. The molecule has 0 aliphatic heterocycles. The van der Waals surface area contributed by atoms with E-state index in [0.717, 1.165) is 16.3 Å². The number of fused-ring (bicyclic) bond motifs is 3. The van der Waals surface area contributed by atoms with Crippen molar-refractivity contribution in [3.05, 3.63) is 36.2 Å². The van der Waals surface area contributed by atoms with Crippen molar-refractivity contribution in [2.75, 3.05) is 27.4 Å². The molecule has 24 heavy (non-hydrogen) atoms. The van der Waals surface area contributed by atoms with Gasteiger partial charge in [-0.25, -0.2) is 4.98 Å². The van der Waals surface area contributed by atoms with Gasteiger partial charge in [-0.2, -0.15) is 0 Å². The van der Waals surface area contributed by atoms with Crippen LogP contribution in [0.1, 0.15) is 5.69 Å². The van der Waals surface area contributed by atoms with Crippen LogP contribution in [0.2, 0.25) is 0 Å². The summed E-state index contributed by atoms with van der Waals surface area (Å²) in [5.74, 6) is 1.20. The fraction of sp³-hybridized carbons (Fsp3) is 0.235. The van der Waals surface area contributed by atoms with Crippen LogP contribution in [0, 0.1) is 0 Å². The maximum absolute atomic E-state index is 8.80. The third kappa shape index (κ3) is 2.93. The molecule has 0 saturated carbocycles. The molecule has 0 radical (unpaired) electrons. The van der Waals surface area contributed by atoms with Crippen molar-refractivity contribution in [1.82, 2.24) is 9.97 Å². The Morgan fingerprint density at radius 1 is 1.17 bits per heavy atom. The highest BCUT2D eigenvalue weighted by Gasteiger charge is 2.16. The van der Waals surface area contributed by atoms with Crippen LogP contribution in [0.5, 0.6) is 11.5 Å². The van der Waals surface area contributed by atoms with E-state index < -0.39 is 0 Å². The smallest absolute Gasteiger partial charge is 0.134 e. The van der Waals surface area contributed by atoms with Gasteiger partial charge in [0, 0.05) is 24.8 Å². The van der Waals surface area contributed by atoms with Crippen LogP contribution in [-0.2, 0) is 4.74 Å². The first-order chi connectivity index (χ1) is 11.8. The van der Waals surface area contributed by atoms with Gasteiger partial charge in [0.25, 0.3) is 0 Å². The summed E-state index contributed by atoms with van der Waals surface area (Å²) in [7, 11) is 3.19. The van der Waals surface area contributed by atoms with Crippen molar-refractivity contribution >= 4 is 28.0 Å². The minimum absolute atomic E-state index is 0.403. The molecule has 1 N–H and O–H groups in total. The highest BCUT2D eigenvalue weighted by atomic mass is 16.5. The first-order valence-electron chi connectivity index (χ1n) is 7.34. The number of methoxy groups -OCH3 is 2. The molecule has 0 bridgehead atoms. The highest BCUT2D eigenvalue weighted by molar-refractivity contribution is 6.09. The Bertz CT molecular complexity index is 896. The molecule has 0 atom stereocenters. The van der Waals surface area contributed by atoms with E-state index in [9.17, 15) is 0 Å². The summed E-state index contributed by atoms with van der Waals surface area (Å²) in [6.45, 7) is 0.873. The molecular weight excluding hydrogens is 310 g/mol. The number of rotatable bonds is 6. The number of nitrogens with zero attached hydrogens (tertiary/aromatic N) is 3. The zero-order valence-corrected chi connectivity index (χ0v) is 13.4. The van der Waals surface area contributed by atoms with Gasteiger partial charge in [0.2, 0.25) is 0 Å². The van der Waals surface area contributed by atoms with Crippen molar-refractivity contribution in [2.24, 2.45) is 5.16 Å². The maximum Gasteiger partial charge on any atom is 0.134 e. The van der Waals surface area contributed by atoms with E-state index in [1.165, 1.54) is 6.21 Å². The third-order valence-electron chi connectivity index (χ3n) is 3.55. The second kappa shape index (κ2) is 7.10. The number of pyridine rings is 2. The Labute approximate surface area is 138 Å². The molecule has 2 heterocycles. The lowest BCUT2D eigenvalue weighted by Gasteiger charge is -2.14. The maximum atomic E-state index is 8.80. The molecule has 0 spiro atoms. The molecule has 3 rings (SSSR count). The average Bonchev–Trinajstić information content (AvgIpc) is 2.61. The molecule has 0 unspecified atom stereocenters. The van der Waals surface area contributed by atoms with Gasteiger partial charge in [-0.15, -0.1) is 0 Å². The molecule has 0 aliphatic rings. The lowest BCUT2D eigenvalue weighted by molar-refractivity contribution is 0.147. The summed E-state index contributed by atoms with van der Waals surface area (Å²) in [5.41, 5.74) is 1.80. The summed E-state index contributed by atoms with van der Waals surface area (Å²) in [4.78, 5) is 8.95. The number of hydrogen-bond acceptors (Lipinski definition) is 7. The molecule has 0 aliphatic carbocycles. The molecule has 0 saturated heterocycles. The molecular formula is C17H17N3O4. The van der Waals surface area contributed by atoms with Crippen LogP contribution in [0.15, 0.2) is 35.6 Å². The lowest BCUT2D eigenvalue weighted by atomic mass is 10.1. The van der Waals surface area contributed by atoms with Crippen molar-refractivity contribution in [1.29, 1.82) is 0 Å². The Morgan fingerprint density at radius 2 is 2.04 bits per heavy atom. The Balaban J connectivity index is 2.31. The molecule has 2 aromatic heterocycles. The number of hydrogen-bond donors (Lipinski definition) is 1. The minimum atomic E-state index is 0.403. The summed E-state index contributed by atoms with van der Waals surface area (Å²) >= 11 is 0. The summed E-state index contributed by atoms with van der Waals surface area (Å²) < 4.78 is 16.4. The second-order valence-corrected chi connectivity index (χ2v) is 5.01. The van der Waals surface area contributed by atoms with Gasteiger partial charge in [0.15, 0.2) is 0 Å². The number of ether oxygens (including phenoxy) is 3. The average molecular weight is 327 g/mol. The van der Waals surface area contributed by atoms with Gasteiger partial charge in [-0.3, -0.25) is 4.98 Å². The zero-order chi connectivity index (χ0) is 16.9. The molecule has 7 nitrogen and oxygen atoms in total. The fourth-order valence-electron chi connectivity index (χ4n) is 2.53. The third-order valence-corrected chi connectivity index (χ3v) is 3.55. The summed E-state index contributed by atoms with van der Waals surface area (Å²) in [6, 6.07) is 7.37. The van der Waals surface area contributed by atoms with Crippen LogP contribution < -0.4 is 9.47 Å². The van der Waals surface area contributed by atoms with Crippen molar-refractivity contribution in [3.8, 4) is 11.5 Å². The molecule has 3 aromatic rings. The van der Waals surface area contributed by atoms with Crippen LogP contribution in [0.3, 0.4) is 0 Å². The predicted molar refractivity (Wildman–Crippen MR) is 90.3 cm³/mol. The first-order valence-corrected chi connectivity index (χ1v) is 7.34. The van der Waals surface area contributed by atoms with Crippen molar-refractivity contribution in [3.63, 3.8) is 0 Å². The van der Waals surface area contributed by atoms with E-state index in [1.807, 2.05) is 18.2 Å². The van der Waals surface area contributed by atoms with Gasteiger partial charge in [-0.05, 0) is 12.1 Å². The predicted octanol–water partition coefficient (Wildman–Crippen LogP) is 2.62. The summed E-state index contributed by atoms with van der Waals surface area (Å²) in [6.07, 6.45) is 2.95. The number of benzene rings is 1. The molecule has 124 valence electrons. The monoisotopic (exact) mass is 327 g/mol. The Hall–Kier alpha value is -2.93. The first kappa shape index (κ1) is 15.9. The van der Waals surface area contributed by atoms with Crippen molar-refractivity contribution < 1.29 is 19.4 Å². The van der Waals surface area contributed by atoms with E-state index >= 15 is 0 Å². The molecule has 7 heteroatoms. The van der Waals surface area contributed by atoms with Crippen LogP contribution in [0.25, 0.3) is 21.8 Å². The Kier molecular flexibility index (Phi) is 4.72. The van der Waals surface area contributed by atoms with Gasteiger partial charge in [0.1, 0.15) is 23.6 Å². The normalized spacial score (nSPS) is 11.4. The van der Waals surface area contributed by atoms with E-state index in [-0.39, 0.29) is 0 Å². The minimum Gasteiger partial charge on any atom is -0.496 e. The van der Waals surface area contributed by atoms with E-state index in [2.05, 4.69) is 15.1 Å². The quantitative estimate of drug-likeness (QED) is 0.246. The number of aromatic nitrogens is 2. The van der Waals surface area contributed by atoms with Crippen LogP contribution >= 0.6 is 0 Å². The van der Waals surface area contributed by atoms with Crippen LogP contribution in [-0.4, -0.2) is 48.8 Å². The molecule has 1 aromatic carbocycles. The number of oxime groups is 1. The largest absolute Gasteiger partial charge is 0.496 e. The lowest BCUT2D eigenvalue weighted by Crippen LogP contribution is -2.06. The Morgan fingerprint density at radius 3 is 2.79 bits per heavy atom. The van der Waals surface area contributed by atoms with Gasteiger partial charge < -0.3 is 19.4 Å². The highest BCUT2D eigenvalue weighted by Crippen LogP contribution is 2.37. The fourth-order valence-corrected chi connectivity index (χ4v) is 2.53. The van der Waals surface area contributed by atoms with Crippen molar-refractivity contribution in [2.45, 2.75) is 0 Å². The van der Waals surface area contributed by atoms with Gasteiger partial charge >= 0.3 is 0 Å².